The number of carbonyl (C=O) groups excluding carboxylic acids is 1. The summed E-state index contributed by atoms with van der Waals surface area (Å²) in [5.74, 6) is 1.03. The summed E-state index contributed by atoms with van der Waals surface area (Å²) in [6.07, 6.45) is 6.17. The van der Waals surface area contributed by atoms with Gasteiger partial charge >= 0.3 is 0 Å². The highest BCUT2D eigenvalue weighted by Gasteiger charge is 2.25. The second kappa shape index (κ2) is 8.46. The summed E-state index contributed by atoms with van der Waals surface area (Å²) in [7, 11) is 1.54. The van der Waals surface area contributed by atoms with Gasteiger partial charge in [0.25, 0.3) is 0 Å². The highest BCUT2D eigenvalue weighted by Crippen LogP contribution is 2.19. The Bertz CT molecular complexity index is 693. The molecular weight excluding hydrogens is 318 g/mol. The van der Waals surface area contributed by atoms with Crippen molar-refractivity contribution in [2.24, 2.45) is 0 Å². The lowest BCUT2D eigenvalue weighted by Gasteiger charge is -2.32. The van der Waals surface area contributed by atoms with E-state index < -0.39 is 0 Å². The average Bonchev–Trinajstić information content (AvgIpc) is 2.67. The second-order valence-corrected chi connectivity index (χ2v) is 6.11. The second-order valence-electron chi connectivity index (χ2n) is 6.11. The van der Waals surface area contributed by atoms with Crippen LogP contribution in [0.5, 0.6) is 11.8 Å². The van der Waals surface area contributed by atoms with Crippen molar-refractivity contribution >= 4 is 5.91 Å². The van der Waals surface area contributed by atoms with Crippen molar-refractivity contribution < 1.29 is 14.3 Å². The van der Waals surface area contributed by atoms with Crippen molar-refractivity contribution in [2.75, 3.05) is 20.2 Å². The smallest absolute Gasteiger partial charge is 0.235 e. The van der Waals surface area contributed by atoms with Crippen molar-refractivity contribution in [3.8, 4) is 11.8 Å². The molecule has 0 bridgehead atoms. The first kappa shape index (κ1) is 17.2. The van der Waals surface area contributed by atoms with Crippen molar-refractivity contribution in [1.29, 1.82) is 0 Å². The van der Waals surface area contributed by atoms with Gasteiger partial charge < -0.3 is 14.4 Å². The van der Waals surface area contributed by atoms with Crippen LogP contribution in [0.2, 0.25) is 0 Å². The third-order valence-corrected chi connectivity index (χ3v) is 4.29. The van der Waals surface area contributed by atoms with E-state index in [2.05, 4.69) is 22.1 Å². The number of amides is 1. The molecule has 1 fully saturated rings. The van der Waals surface area contributed by atoms with Gasteiger partial charge in [-0.2, -0.15) is 4.98 Å². The van der Waals surface area contributed by atoms with Crippen molar-refractivity contribution in [1.82, 2.24) is 14.9 Å². The maximum Gasteiger partial charge on any atom is 0.235 e. The van der Waals surface area contributed by atoms with Gasteiger partial charge in [-0.05, 0) is 24.8 Å². The van der Waals surface area contributed by atoms with Gasteiger partial charge in [0, 0.05) is 13.0 Å². The SMILES string of the molecule is COc1cncc(OC2CCCN(C(=O)CCc3ccccc3)C2)n1. The van der Waals surface area contributed by atoms with E-state index in [4.69, 9.17) is 9.47 Å². The van der Waals surface area contributed by atoms with Gasteiger partial charge in [0.15, 0.2) is 0 Å². The number of benzene rings is 1. The Labute approximate surface area is 147 Å². The van der Waals surface area contributed by atoms with E-state index in [0.29, 0.717) is 24.7 Å². The summed E-state index contributed by atoms with van der Waals surface area (Å²) >= 11 is 0. The number of hydrogen-bond donors (Lipinski definition) is 0. The van der Waals surface area contributed by atoms with Crippen LogP contribution in [0.15, 0.2) is 42.7 Å². The predicted octanol–water partition coefficient (Wildman–Crippen LogP) is 2.49. The molecule has 0 saturated carbocycles. The molecule has 0 radical (unpaired) electrons. The molecule has 6 heteroatoms. The molecule has 25 heavy (non-hydrogen) atoms. The number of nitrogens with zero attached hydrogens (tertiary/aromatic N) is 3. The van der Waals surface area contributed by atoms with E-state index in [1.165, 1.54) is 11.8 Å². The average molecular weight is 341 g/mol. The Morgan fingerprint density at radius 1 is 1.24 bits per heavy atom. The monoisotopic (exact) mass is 341 g/mol. The number of hydrogen-bond acceptors (Lipinski definition) is 5. The van der Waals surface area contributed by atoms with Crippen molar-refractivity contribution in [2.45, 2.75) is 31.8 Å². The number of methoxy groups -OCH3 is 1. The third-order valence-electron chi connectivity index (χ3n) is 4.29. The van der Waals surface area contributed by atoms with Crippen LogP contribution in [-0.2, 0) is 11.2 Å². The van der Waals surface area contributed by atoms with Gasteiger partial charge in [-0.1, -0.05) is 30.3 Å². The summed E-state index contributed by atoms with van der Waals surface area (Å²) in [4.78, 5) is 22.7. The van der Waals surface area contributed by atoms with Crippen LogP contribution in [0.4, 0.5) is 0 Å². The standard InChI is InChI=1S/C19H23N3O3/c1-24-17-12-20-13-18(21-17)25-16-8-5-11-22(14-16)19(23)10-9-15-6-3-2-4-7-15/h2-4,6-7,12-13,16H,5,8-11,14H2,1H3. The minimum absolute atomic E-state index is 0.0594. The first-order chi connectivity index (χ1) is 12.2. The maximum absolute atomic E-state index is 12.5. The molecule has 0 spiro atoms. The van der Waals surface area contributed by atoms with E-state index in [1.807, 2.05) is 23.1 Å². The first-order valence-corrected chi connectivity index (χ1v) is 8.59. The normalized spacial score (nSPS) is 17.2. The molecule has 1 unspecified atom stereocenters. The first-order valence-electron chi connectivity index (χ1n) is 8.59. The molecule has 6 nitrogen and oxygen atoms in total. The quantitative estimate of drug-likeness (QED) is 0.808. The van der Waals surface area contributed by atoms with E-state index in [-0.39, 0.29) is 12.0 Å². The maximum atomic E-state index is 12.5. The molecule has 0 N–H and O–H groups in total. The summed E-state index contributed by atoms with van der Waals surface area (Å²) in [5.41, 5.74) is 1.19. The van der Waals surface area contributed by atoms with Crippen LogP contribution in [0, 0.1) is 0 Å². The molecule has 2 aromatic rings. The Morgan fingerprint density at radius 2 is 2.04 bits per heavy atom. The number of carbonyl (C=O) groups is 1. The predicted molar refractivity (Wildman–Crippen MR) is 93.6 cm³/mol. The number of likely N-dealkylation sites (tertiary alicyclic amines) is 1. The summed E-state index contributed by atoms with van der Waals surface area (Å²) in [5, 5.41) is 0. The minimum atomic E-state index is -0.0594. The summed E-state index contributed by atoms with van der Waals surface area (Å²) in [6.45, 7) is 1.38. The largest absolute Gasteiger partial charge is 0.480 e. The lowest BCUT2D eigenvalue weighted by atomic mass is 10.1. The highest BCUT2D eigenvalue weighted by atomic mass is 16.5. The van der Waals surface area contributed by atoms with Gasteiger partial charge in [0.1, 0.15) is 6.10 Å². The van der Waals surface area contributed by atoms with Gasteiger partial charge in [-0.25, -0.2) is 0 Å². The Hall–Kier alpha value is -2.63. The molecule has 1 saturated heterocycles. The number of rotatable bonds is 6. The number of aryl methyl sites for hydroxylation is 1. The zero-order chi connectivity index (χ0) is 17.5. The molecule has 2 heterocycles. The van der Waals surface area contributed by atoms with Gasteiger partial charge in [0.05, 0.1) is 26.0 Å². The van der Waals surface area contributed by atoms with Gasteiger partial charge in [-0.3, -0.25) is 9.78 Å². The lowest BCUT2D eigenvalue weighted by Crippen LogP contribution is -2.44. The van der Waals surface area contributed by atoms with Crippen LogP contribution in [0.3, 0.4) is 0 Å². The fourth-order valence-corrected chi connectivity index (χ4v) is 2.97. The van der Waals surface area contributed by atoms with E-state index in [9.17, 15) is 4.79 Å². The number of piperidine rings is 1. The third kappa shape index (κ3) is 4.92. The van der Waals surface area contributed by atoms with Crippen molar-refractivity contribution in [3.05, 3.63) is 48.3 Å². The van der Waals surface area contributed by atoms with Crippen LogP contribution in [0.1, 0.15) is 24.8 Å². The fourth-order valence-electron chi connectivity index (χ4n) is 2.97. The van der Waals surface area contributed by atoms with E-state index in [1.54, 1.807) is 13.3 Å². The van der Waals surface area contributed by atoms with Crippen LogP contribution < -0.4 is 9.47 Å². The Morgan fingerprint density at radius 3 is 2.84 bits per heavy atom. The molecular formula is C19H23N3O3. The Balaban J connectivity index is 1.52. The molecule has 1 aliphatic heterocycles. The van der Waals surface area contributed by atoms with E-state index >= 15 is 0 Å². The van der Waals surface area contributed by atoms with Gasteiger partial charge in [-0.15, -0.1) is 0 Å². The zero-order valence-electron chi connectivity index (χ0n) is 14.4. The zero-order valence-corrected chi connectivity index (χ0v) is 14.4. The molecule has 1 aromatic carbocycles. The molecule has 0 aliphatic carbocycles. The Kier molecular flexibility index (Phi) is 5.82. The number of aromatic nitrogens is 2. The molecule has 132 valence electrons. The van der Waals surface area contributed by atoms with Crippen LogP contribution in [0.25, 0.3) is 0 Å². The molecule has 1 amide bonds. The highest BCUT2D eigenvalue weighted by molar-refractivity contribution is 5.76. The molecule has 1 atom stereocenters. The van der Waals surface area contributed by atoms with Gasteiger partial charge in [0.2, 0.25) is 17.7 Å². The lowest BCUT2D eigenvalue weighted by molar-refractivity contribution is -0.133. The van der Waals surface area contributed by atoms with Crippen LogP contribution >= 0.6 is 0 Å². The topological polar surface area (TPSA) is 64.6 Å². The van der Waals surface area contributed by atoms with Crippen LogP contribution in [-0.4, -0.2) is 47.1 Å². The minimum Gasteiger partial charge on any atom is -0.480 e. The van der Waals surface area contributed by atoms with E-state index in [0.717, 1.165) is 25.8 Å². The summed E-state index contributed by atoms with van der Waals surface area (Å²) in [6, 6.07) is 10.1. The van der Waals surface area contributed by atoms with Crippen molar-refractivity contribution in [3.63, 3.8) is 0 Å². The fraction of sp³-hybridized carbons (Fsp3) is 0.421. The molecule has 1 aromatic heterocycles. The number of ether oxygens (including phenoxy) is 2. The molecule has 1 aliphatic rings. The molecule has 3 rings (SSSR count). The summed E-state index contributed by atoms with van der Waals surface area (Å²) < 4.78 is 11.0.